The Bertz CT molecular complexity index is 1240. The van der Waals surface area contributed by atoms with Gasteiger partial charge in [-0.25, -0.2) is 10.2 Å². The summed E-state index contributed by atoms with van der Waals surface area (Å²) in [5, 5.41) is 17.7. The molecular weight excluding hydrogens is 452 g/mol. The van der Waals surface area contributed by atoms with Gasteiger partial charge in [0, 0.05) is 22.3 Å². The number of esters is 1. The standard InChI is InChI=1S/C22H15ClN4O6/c23-15-9-11-16(12-10-15)25-20(28)21(29)26-24-13-14-5-1-4-8-19(14)33-22(30)17-6-2-3-7-18(17)27(31)32/h1-13H,(H,25,28)(H,26,29)/b24-13+. The van der Waals surface area contributed by atoms with Crippen molar-refractivity contribution in [3.8, 4) is 5.75 Å². The zero-order valence-corrected chi connectivity index (χ0v) is 17.5. The number of hydrazone groups is 1. The average molecular weight is 467 g/mol. The van der Waals surface area contributed by atoms with Crippen molar-refractivity contribution in [3.63, 3.8) is 0 Å². The van der Waals surface area contributed by atoms with Crippen LogP contribution in [0.5, 0.6) is 5.75 Å². The van der Waals surface area contributed by atoms with E-state index < -0.39 is 28.4 Å². The van der Waals surface area contributed by atoms with Gasteiger partial charge in [0.15, 0.2) is 0 Å². The molecule has 33 heavy (non-hydrogen) atoms. The maximum Gasteiger partial charge on any atom is 0.350 e. The lowest BCUT2D eigenvalue weighted by Gasteiger charge is -2.07. The van der Waals surface area contributed by atoms with E-state index >= 15 is 0 Å². The van der Waals surface area contributed by atoms with Gasteiger partial charge in [-0.1, -0.05) is 35.9 Å². The van der Waals surface area contributed by atoms with Gasteiger partial charge in [-0.05, 0) is 42.5 Å². The number of rotatable bonds is 6. The largest absolute Gasteiger partial charge is 0.422 e. The van der Waals surface area contributed by atoms with Gasteiger partial charge in [0.05, 0.1) is 11.1 Å². The Balaban J connectivity index is 1.66. The number of carbonyl (C=O) groups is 3. The minimum absolute atomic E-state index is 0.0456. The van der Waals surface area contributed by atoms with Gasteiger partial charge in [-0.15, -0.1) is 0 Å². The van der Waals surface area contributed by atoms with Gasteiger partial charge in [-0.3, -0.25) is 19.7 Å². The van der Waals surface area contributed by atoms with Gasteiger partial charge in [0.2, 0.25) is 0 Å². The van der Waals surface area contributed by atoms with Crippen molar-refractivity contribution in [2.24, 2.45) is 5.10 Å². The maximum absolute atomic E-state index is 12.5. The Morgan fingerprint density at radius 2 is 1.61 bits per heavy atom. The predicted molar refractivity (Wildman–Crippen MR) is 120 cm³/mol. The van der Waals surface area contributed by atoms with Crippen molar-refractivity contribution in [1.29, 1.82) is 0 Å². The normalized spacial score (nSPS) is 10.5. The monoisotopic (exact) mass is 466 g/mol. The van der Waals surface area contributed by atoms with E-state index in [1.165, 1.54) is 48.5 Å². The van der Waals surface area contributed by atoms with Crippen LogP contribution in [0, 0.1) is 10.1 Å². The minimum Gasteiger partial charge on any atom is -0.422 e. The lowest BCUT2D eigenvalue weighted by Crippen LogP contribution is -2.32. The molecule has 2 amide bonds. The summed E-state index contributed by atoms with van der Waals surface area (Å²) in [6.07, 6.45) is 1.16. The fourth-order valence-electron chi connectivity index (χ4n) is 2.57. The topological polar surface area (TPSA) is 140 Å². The average Bonchev–Trinajstić information content (AvgIpc) is 2.81. The first-order valence-electron chi connectivity index (χ1n) is 9.29. The molecule has 0 atom stereocenters. The second-order valence-electron chi connectivity index (χ2n) is 6.36. The SMILES string of the molecule is O=C(N/N=C/c1ccccc1OC(=O)c1ccccc1[N+](=O)[O-])C(=O)Nc1ccc(Cl)cc1. The number of hydrogen-bond donors (Lipinski definition) is 2. The van der Waals surface area contributed by atoms with Crippen LogP contribution in [0.3, 0.4) is 0 Å². The molecule has 0 unspecified atom stereocenters. The zero-order chi connectivity index (χ0) is 23.8. The molecule has 0 heterocycles. The van der Waals surface area contributed by atoms with Gasteiger partial charge < -0.3 is 10.1 Å². The number of nitro groups is 1. The van der Waals surface area contributed by atoms with Gasteiger partial charge in [0.25, 0.3) is 5.69 Å². The summed E-state index contributed by atoms with van der Waals surface area (Å²) in [5.41, 5.74) is 2.10. The van der Waals surface area contributed by atoms with Crippen molar-refractivity contribution >= 4 is 47.0 Å². The van der Waals surface area contributed by atoms with Crippen molar-refractivity contribution in [1.82, 2.24) is 5.43 Å². The van der Waals surface area contributed by atoms with Crippen LogP contribution in [0.2, 0.25) is 5.02 Å². The van der Waals surface area contributed by atoms with Crippen LogP contribution in [0.15, 0.2) is 77.9 Å². The van der Waals surface area contributed by atoms with E-state index in [1.54, 1.807) is 24.3 Å². The molecule has 0 aliphatic carbocycles. The second kappa shape index (κ2) is 10.6. The summed E-state index contributed by atoms with van der Waals surface area (Å²) in [6.45, 7) is 0. The molecule has 3 aromatic carbocycles. The molecule has 0 bridgehead atoms. The van der Waals surface area contributed by atoms with Gasteiger partial charge >= 0.3 is 17.8 Å². The Labute approximate surface area is 192 Å². The van der Waals surface area contributed by atoms with E-state index in [1.807, 2.05) is 0 Å². The second-order valence-corrected chi connectivity index (χ2v) is 6.80. The molecular formula is C22H15ClN4O6. The highest BCUT2D eigenvalue weighted by Crippen LogP contribution is 2.22. The summed E-state index contributed by atoms with van der Waals surface area (Å²) in [6, 6.07) is 17.7. The number of anilines is 1. The lowest BCUT2D eigenvalue weighted by molar-refractivity contribution is -0.385. The van der Waals surface area contributed by atoms with Crippen molar-refractivity contribution in [2.75, 3.05) is 5.32 Å². The Morgan fingerprint density at radius 1 is 0.939 bits per heavy atom. The summed E-state index contributed by atoms with van der Waals surface area (Å²) in [7, 11) is 0. The summed E-state index contributed by atoms with van der Waals surface area (Å²) in [5.74, 6) is -2.88. The van der Waals surface area contributed by atoms with E-state index in [0.717, 1.165) is 6.21 Å². The fraction of sp³-hybridized carbons (Fsp3) is 0. The molecule has 0 aliphatic rings. The molecule has 0 aliphatic heterocycles. The molecule has 0 spiro atoms. The van der Waals surface area contributed by atoms with E-state index in [-0.39, 0.29) is 16.9 Å². The third kappa shape index (κ3) is 6.21. The smallest absolute Gasteiger partial charge is 0.350 e. The molecule has 11 heteroatoms. The number of nitrogens with one attached hydrogen (secondary N) is 2. The number of para-hydroxylation sites is 2. The highest BCUT2D eigenvalue weighted by molar-refractivity contribution is 6.39. The third-order valence-corrected chi connectivity index (χ3v) is 4.37. The van der Waals surface area contributed by atoms with Crippen molar-refractivity contribution in [3.05, 3.63) is 99.1 Å². The molecule has 0 fully saturated rings. The van der Waals surface area contributed by atoms with Crippen LogP contribution < -0.4 is 15.5 Å². The molecule has 0 radical (unpaired) electrons. The van der Waals surface area contributed by atoms with E-state index in [0.29, 0.717) is 10.7 Å². The highest BCUT2D eigenvalue weighted by atomic mass is 35.5. The molecule has 3 rings (SSSR count). The first kappa shape index (κ1) is 23.1. The fourth-order valence-corrected chi connectivity index (χ4v) is 2.70. The zero-order valence-electron chi connectivity index (χ0n) is 16.7. The summed E-state index contributed by atoms with van der Waals surface area (Å²) >= 11 is 5.77. The molecule has 166 valence electrons. The number of amides is 2. The highest BCUT2D eigenvalue weighted by Gasteiger charge is 2.21. The molecule has 0 saturated heterocycles. The quantitative estimate of drug-likeness (QED) is 0.142. The first-order chi connectivity index (χ1) is 15.8. The molecule has 10 nitrogen and oxygen atoms in total. The van der Waals surface area contributed by atoms with Crippen LogP contribution in [0.4, 0.5) is 11.4 Å². The van der Waals surface area contributed by atoms with Crippen LogP contribution >= 0.6 is 11.6 Å². The first-order valence-corrected chi connectivity index (χ1v) is 9.67. The summed E-state index contributed by atoms with van der Waals surface area (Å²) in [4.78, 5) is 46.8. The van der Waals surface area contributed by atoms with Crippen LogP contribution in [-0.4, -0.2) is 28.9 Å². The number of nitro benzene ring substituents is 1. The Hall–Kier alpha value is -4.57. The van der Waals surface area contributed by atoms with E-state index in [9.17, 15) is 24.5 Å². The number of nitrogens with zero attached hydrogens (tertiary/aromatic N) is 2. The number of halogens is 1. The van der Waals surface area contributed by atoms with Crippen molar-refractivity contribution < 1.29 is 24.0 Å². The summed E-state index contributed by atoms with van der Waals surface area (Å²) < 4.78 is 5.28. The maximum atomic E-state index is 12.5. The molecule has 3 aromatic rings. The molecule has 2 N–H and O–H groups in total. The predicted octanol–water partition coefficient (Wildman–Crippen LogP) is 3.56. The Morgan fingerprint density at radius 3 is 2.33 bits per heavy atom. The number of benzene rings is 3. The lowest BCUT2D eigenvalue weighted by atomic mass is 10.2. The van der Waals surface area contributed by atoms with Gasteiger partial charge in [0.1, 0.15) is 11.3 Å². The van der Waals surface area contributed by atoms with Crippen LogP contribution in [0.1, 0.15) is 15.9 Å². The number of carbonyl (C=O) groups excluding carboxylic acids is 3. The molecule has 0 saturated carbocycles. The van der Waals surface area contributed by atoms with E-state index in [4.69, 9.17) is 16.3 Å². The number of hydrogen-bond acceptors (Lipinski definition) is 7. The number of ether oxygens (including phenoxy) is 1. The Kier molecular flexibility index (Phi) is 7.45. The van der Waals surface area contributed by atoms with Crippen molar-refractivity contribution in [2.45, 2.75) is 0 Å². The minimum atomic E-state index is -1.03. The van der Waals surface area contributed by atoms with Crippen LogP contribution in [-0.2, 0) is 9.59 Å². The van der Waals surface area contributed by atoms with Gasteiger partial charge in [-0.2, -0.15) is 5.10 Å². The van der Waals surface area contributed by atoms with Crippen LogP contribution in [0.25, 0.3) is 0 Å². The third-order valence-electron chi connectivity index (χ3n) is 4.12. The van der Waals surface area contributed by atoms with E-state index in [2.05, 4.69) is 15.8 Å². The molecule has 0 aromatic heterocycles.